The summed E-state index contributed by atoms with van der Waals surface area (Å²) in [6.45, 7) is 10.0. The minimum absolute atomic E-state index is 0.255. The number of aliphatic hydroxyl groups is 1. The van der Waals surface area contributed by atoms with E-state index in [-0.39, 0.29) is 5.92 Å². The summed E-state index contributed by atoms with van der Waals surface area (Å²) in [5.41, 5.74) is 1.62. The number of pyridine rings is 1. The van der Waals surface area contributed by atoms with Crippen LogP contribution in [0.5, 0.6) is 0 Å². The Morgan fingerprint density at radius 3 is 2.50 bits per heavy atom. The molecule has 1 N–H and O–H groups in total. The summed E-state index contributed by atoms with van der Waals surface area (Å²) in [5.74, 6) is 0.937. The molecule has 90 valence electrons. The van der Waals surface area contributed by atoms with Crippen LogP contribution in [0, 0.1) is 19.8 Å². The number of aromatic nitrogens is 1. The fraction of sp³-hybridized carbons (Fsp3) is 0.615. The Morgan fingerprint density at radius 2 is 2.00 bits per heavy atom. The van der Waals surface area contributed by atoms with Crippen LogP contribution in [0.1, 0.15) is 32.0 Å². The van der Waals surface area contributed by atoms with E-state index in [4.69, 9.17) is 0 Å². The van der Waals surface area contributed by atoms with Gasteiger partial charge in [-0.15, -0.1) is 11.8 Å². The van der Waals surface area contributed by atoms with Crippen LogP contribution >= 0.6 is 11.8 Å². The van der Waals surface area contributed by atoms with E-state index < -0.39 is 5.60 Å². The quantitative estimate of drug-likeness (QED) is 0.819. The standard InChI is InChI=1S/C13H21NOS/c1-9(2)13(5,15)8-16-12-7-10(3)6-11(4)14-12/h6-7,9,15H,8H2,1-5H3. The molecule has 1 heterocycles. The predicted molar refractivity (Wildman–Crippen MR) is 69.9 cm³/mol. The van der Waals surface area contributed by atoms with Gasteiger partial charge in [0.2, 0.25) is 0 Å². The van der Waals surface area contributed by atoms with Gasteiger partial charge in [0.25, 0.3) is 0 Å². The van der Waals surface area contributed by atoms with Gasteiger partial charge in [0, 0.05) is 11.4 Å². The molecule has 1 unspecified atom stereocenters. The first-order valence-corrected chi connectivity index (χ1v) is 6.60. The van der Waals surface area contributed by atoms with Crippen molar-refractivity contribution < 1.29 is 5.11 Å². The summed E-state index contributed by atoms with van der Waals surface area (Å²) in [6, 6.07) is 4.12. The third kappa shape index (κ3) is 3.80. The molecule has 0 radical (unpaired) electrons. The van der Waals surface area contributed by atoms with E-state index >= 15 is 0 Å². The molecule has 16 heavy (non-hydrogen) atoms. The molecule has 0 saturated heterocycles. The molecular weight excluding hydrogens is 218 g/mol. The van der Waals surface area contributed by atoms with Gasteiger partial charge < -0.3 is 5.11 Å². The van der Waals surface area contributed by atoms with Crippen molar-refractivity contribution in [2.24, 2.45) is 5.92 Å². The Bertz CT molecular complexity index is 341. The van der Waals surface area contributed by atoms with E-state index in [2.05, 4.69) is 24.0 Å². The molecule has 0 aliphatic carbocycles. The van der Waals surface area contributed by atoms with Crippen LogP contribution < -0.4 is 0 Å². The molecule has 0 fully saturated rings. The van der Waals surface area contributed by atoms with Crippen LogP contribution in [0.25, 0.3) is 0 Å². The van der Waals surface area contributed by atoms with Crippen LogP contribution in [0.3, 0.4) is 0 Å². The summed E-state index contributed by atoms with van der Waals surface area (Å²) in [4.78, 5) is 4.45. The van der Waals surface area contributed by atoms with Gasteiger partial charge in [0.15, 0.2) is 0 Å². The lowest BCUT2D eigenvalue weighted by atomic mass is 9.95. The lowest BCUT2D eigenvalue weighted by molar-refractivity contribution is 0.0376. The fourth-order valence-electron chi connectivity index (χ4n) is 1.26. The lowest BCUT2D eigenvalue weighted by Crippen LogP contribution is -2.33. The Labute approximate surface area is 102 Å². The Hall–Kier alpha value is -0.540. The molecule has 1 rings (SSSR count). The average Bonchev–Trinajstić information content (AvgIpc) is 2.13. The summed E-state index contributed by atoms with van der Waals surface area (Å²) in [7, 11) is 0. The van der Waals surface area contributed by atoms with Crippen LogP contribution in [0.4, 0.5) is 0 Å². The van der Waals surface area contributed by atoms with Crippen LogP contribution in [-0.4, -0.2) is 21.4 Å². The Kier molecular flexibility index (Phi) is 4.39. The first-order valence-electron chi connectivity index (χ1n) is 5.62. The molecule has 1 aromatic rings. The Morgan fingerprint density at radius 1 is 1.38 bits per heavy atom. The molecule has 2 nitrogen and oxygen atoms in total. The maximum Gasteiger partial charge on any atom is 0.0966 e. The van der Waals surface area contributed by atoms with E-state index in [9.17, 15) is 5.11 Å². The maximum absolute atomic E-state index is 10.1. The van der Waals surface area contributed by atoms with Gasteiger partial charge in [0.1, 0.15) is 0 Å². The first-order chi connectivity index (χ1) is 7.31. The fourth-order valence-corrected chi connectivity index (χ4v) is 2.52. The van der Waals surface area contributed by atoms with Gasteiger partial charge in [-0.2, -0.15) is 0 Å². The normalized spacial score (nSPS) is 15.2. The zero-order chi connectivity index (χ0) is 12.3. The van der Waals surface area contributed by atoms with Gasteiger partial charge in [0.05, 0.1) is 10.6 Å². The monoisotopic (exact) mass is 239 g/mol. The summed E-state index contributed by atoms with van der Waals surface area (Å²) in [5, 5.41) is 11.1. The third-order valence-corrected chi connectivity index (χ3v) is 4.06. The second kappa shape index (κ2) is 5.19. The molecule has 0 spiro atoms. The number of rotatable bonds is 4. The second-order valence-electron chi connectivity index (χ2n) is 4.92. The third-order valence-electron chi connectivity index (χ3n) is 2.83. The van der Waals surface area contributed by atoms with Gasteiger partial charge in [-0.3, -0.25) is 0 Å². The zero-order valence-corrected chi connectivity index (χ0v) is 11.6. The average molecular weight is 239 g/mol. The molecule has 3 heteroatoms. The molecule has 0 saturated carbocycles. The van der Waals surface area contributed by atoms with Crippen molar-refractivity contribution in [3.63, 3.8) is 0 Å². The summed E-state index contributed by atoms with van der Waals surface area (Å²) < 4.78 is 0. The van der Waals surface area contributed by atoms with Crippen molar-refractivity contribution in [2.45, 2.75) is 45.2 Å². The predicted octanol–water partition coefficient (Wildman–Crippen LogP) is 3.20. The molecule has 0 aliphatic rings. The van der Waals surface area contributed by atoms with Crippen molar-refractivity contribution in [3.05, 3.63) is 23.4 Å². The lowest BCUT2D eigenvalue weighted by Gasteiger charge is -2.26. The van der Waals surface area contributed by atoms with Gasteiger partial charge in [-0.05, 0) is 44.4 Å². The Balaban J connectivity index is 2.68. The molecule has 1 atom stereocenters. The molecule has 0 amide bonds. The number of aryl methyl sites for hydroxylation is 2. The second-order valence-corrected chi connectivity index (χ2v) is 5.92. The number of hydrogen-bond acceptors (Lipinski definition) is 3. The molecule has 0 aliphatic heterocycles. The number of nitrogens with zero attached hydrogens (tertiary/aromatic N) is 1. The van der Waals surface area contributed by atoms with Crippen molar-refractivity contribution >= 4 is 11.8 Å². The van der Waals surface area contributed by atoms with Gasteiger partial charge in [-0.25, -0.2) is 4.98 Å². The highest BCUT2D eigenvalue weighted by molar-refractivity contribution is 7.99. The number of hydrogen-bond donors (Lipinski definition) is 1. The van der Waals surface area contributed by atoms with E-state index in [1.54, 1.807) is 11.8 Å². The van der Waals surface area contributed by atoms with E-state index in [0.29, 0.717) is 5.75 Å². The minimum atomic E-state index is -0.635. The highest BCUT2D eigenvalue weighted by atomic mass is 32.2. The van der Waals surface area contributed by atoms with Crippen molar-refractivity contribution in [1.82, 2.24) is 4.98 Å². The zero-order valence-electron chi connectivity index (χ0n) is 10.7. The topological polar surface area (TPSA) is 33.1 Å². The first kappa shape index (κ1) is 13.5. The van der Waals surface area contributed by atoms with Crippen LogP contribution in [-0.2, 0) is 0 Å². The van der Waals surface area contributed by atoms with Crippen molar-refractivity contribution in [3.8, 4) is 0 Å². The van der Waals surface area contributed by atoms with Gasteiger partial charge in [-0.1, -0.05) is 13.8 Å². The largest absolute Gasteiger partial charge is 0.389 e. The highest BCUT2D eigenvalue weighted by Crippen LogP contribution is 2.26. The van der Waals surface area contributed by atoms with E-state index in [1.165, 1.54) is 5.56 Å². The molecule has 0 bridgehead atoms. The van der Waals surface area contributed by atoms with Crippen LogP contribution in [0.2, 0.25) is 0 Å². The SMILES string of the molecule is Cc1cc(C)nc(SCC(C)(O)C(C)C)c1. The van der Waals surface area contributed by atoms with Gasteiger partial charge >= 0.3 is 0 Å². The summed E-state index contributed by atoms with van der Waals surface area (Å²) in [6.07, 6.45) is 0. The van der Waals surface area contributed by atoms with E-state index in [0.717, 1.165) is 10.7 Å². The van der Waals surface area contributed by atoms with Crippen molar-refractivity contribution in [2.75, 3.05) is 5.75 Å². The van der Waals surface area contributed by atoms with E-state index in [1.807, 2.05) is 27.7 Å². The molecular formula is C13H21NOS. The smallest absolute Gasteiger partial charge is 0.0966 e. The summed E-state index contributed by atoms with van der Waals surface area (Å²) >= 11 is 1.62. The van der Waals surface area contributed by atoms with Crippen molar-refractivity contribution in [1.29, 1.82) is 0 Å². The highest BCUT2D eigenvalue weighted by Gasteiger charge is 2.25. The molecule has 0 aromatic carbocycles. The number of thioether (sulfide) groups is 1. The maximum atomic E-state index is 10.1. The molecule has 1 aromatic heterocycles. The minimum Gasteiger partial charge on any atom is -0.389 e. The van der Waals surface area contributed by atoms with Crippen LogP contribution in [0.15, 0.2) is 17.2 Å².